The minimum atomic E-state index is -0.0118. The maximum Gasteiger partial charge on any atom is 0.252 e. The van der Waals surface area contributed by atoms with Crippen LogP contribution in [0.25, 0.3) is 0 Å². The molecule has 4 aliphatic rings. The number of anilines is 15. The van der Waals surface area contributed by atoms with Crippen LogP contribution in [0.15, 0.2) is 279 Å². The molecule has 12 aromatic rings. The van der Waals surface area contributed by atoms with Gasteiger partial charge in [0.15, 0.2) is 0 Å². The van der Waals surface area contributed by atoms with Crippen molar-refractivity contribution in [2.24, 2.45) is 0 Å². The number of nitrogens with zero attached hydrogens (tertiary/aromatic N) is 5. The average Bonchev–Trinajstić information content (AvgIpc) is 0.705. The number of hydrogen-bond acceptors (Lipinski definition) is 5. The normalized spacial score (nSPS) is 13.3. The fourth-order valence-corrected chi connectivity index (χ4v) is 15.6. The van der Waals surface area contributed by atoms with Crippen molar-refractivity contribution in [1.29, 1.82) is 0 Å². The maximum absolute atomic E-state index is 2.57. The van der Waals surface area contributed by atoms with Gasteiger partial charge in [-0.15, -0.1) is 0 Å². The number of hydrogen-bond donors (Lipinski definition) is 0. The smallest absolute Gasteiger partial charge is 0.252 e. The second kappa shape index (κ2) is 25.6. The van der Waals surface area contributed by atoms with Gasteiger partial charge in [-0.2, -0.15) is 0 Å². The van der Waals surface area contributed by atoms with Crippen LogP contribution in [0, 0.1) is 6.92 Å². The average molecular weight is 1270 g/mol. The van der Waals surface area contributed by atoms with E-state index in [1.807, 2.05) is 0 Å². The van der Waals surface area contributed by atoms with Crippen molar-refractivity contribution in [2.45, 2.75) is 125 Å². The Labute approximate surface area is 583 Å². The van der Waals surface area contributed by atoms with Crippen LogP contribution in [0.4, 0.5) is 85.3 Å². The van der Waals surface area contributed by atoms with E-state index in [0.29, 0.717) is 0 Å². The Bertz CT molecular complexity index is 4720. The third-order valence-corrected chi connectivity index (χ3v) is 20.6. The molecule has 12 aromatic carbocycles. The number of aryl methyl sites for hydroxylation is 2. The fourth-order valence-electron chi connectivity index (χ4n) is 15.6. The number of para-hydroxylation sites is 6. The molecule has 0 atom stereocenters. The van der Waals surface area contributed by atoms with Crippen LogP contribution in [0.5, 0.6) is 0 Å². The molecule has 484 valence electrons. The maximum atomic E-state index is 2.57. The summed E-state index contributed by atoms with van der Waals surface area (Å²) >= 11 is 0. The molecule has 0 bridgehead atoms. The third-order valence-electron chi connectivity index (χ3n) is 20.6. The second-order valence-corrected chi connectivity index (χ2v) is 30.4. The molecule has 0 unspecified atom stereocenters. The lowest BCUT2D eigenvalue weighted by molar-refractivity contribution is 0.590. The lowest BCUT2D eigenvalue weighted by Crippen LogP contribution is -2.61. The van der Waals surface area contributed by atoms with Gasteiger partial charge < -0.3 is 24.5 Å². The summed E-state index contributed by atoms with van der Waals surface area (Å²) in [6.07, 6.45) is 6.18. The summed E-state index contributed by atoms with van der Waals surface area (Å²) in [4.78, 5) is 12.4. The van der Waals surface area contributed by atoms with Gasteiger partial charge in [0, 0.05) is 85.3 Å². The fraction of sp³-hybridized carbons (Fsp3) is 0.209. The van der Waals surface area contributed by atoms with Gasteiger partial charge in [0.2, 0.25) is 0 Å². The molecule has 0 fully saturated rings. The molecular weight excluding hydrogens is 1180 g/mol. The highest BCUT2D eigenvalue weighted by atomic mass is 15.2. The molecule has 5 nitrogen and oxygen atoms in total. The van der Waals surface area contributed by atoms with E-state index < -0.39 is 0 Å². The topological polar surface area (TPSA) is 16.2 Å². The Kier molecular flexibility index (Phi) is 16.7. The summed E-state index contributed by atoms with van der Waals surface area (Å²) in [5.74, 6) is 0. The molecule has 0 aliphatic carbocycles. The predicted octanol–water partition coefficient (Wildman–Crippen LogP) is 21.3. The van der Waals surface area contributed by atoms with Gasteiger partial charge in [-0.1, -0.05) is 240 Å². The van der Waals surface area contributed by atoms with E-state index in [4.69, 9.17) is 0 Å². The molecule has 4 aliphatic heterocycles. The van der Waals surface area contributed by atoms with Crippen molar-refractivity contribution in [3.8, 4) is 0 Å². The van der Waals surface area contributed by atoms with E-state index in [2.05, 4.69) is 380 Å². The highest BCUT2D eigenvalue weighted by Gasteiger charge is 2.46. The van der Waals surface area contributed by atoms with Crippen LogP contribution in [0.1, 0.15) is 123 Å². The van der Waals surface area contributed by atoms with E-state index >= 15 is 0 Å². The van der Waals surface area contributed by atoms with Crippen LogP contribution in [-0.2, 0) is 22.7 Å². The van der Waals surface area contributed by atoms with Crippen LogP contribution in [0.2, 0.25) is 0 Å². The Morgan fingerprint density at radius 2 is 0.694 bits per heavy atom. The second-order valence-electron chi connectivity index (χ2n) is 30.4. The molecule has 0 amide bonds. The molecule has 0 radical (unpaired) electrons. The summed E-state index contributed by atoms with van der Waals surface area (Å²) < 4.78 is 0. The minimum Gasteiger partial charge on any atom is -0.311 e. The first kappa shape index (κ1) is 63.8. The van der Waals surface area contributed by atoms with Crippen LogP contribution >= 0.6 is 0 Å². The molecule has 0 aromatic heterocycles. The number of unbranched alkanes of at least 4 members (excludes halogenated alkanes) is 3. The van der Waals surface area contributed by atoms with Crippen molar-refractivity contribution in [1.82, 2.24) is 0 Å². The van der Waals surface area contributed by atoms with Gasteiger partial charge >= 0.3 is 0 Å². The number of rotatable bonds is 12. The van der Waals surface area contributed by atoms with E-state index in [1.165, 1.54) is 155 Å². The van der Waals surface area contributed by atoms with Crippen LogP contribution in [-0.4, -0.2) is 13.4 Å². The minimum absolute atomic E-state index is 0.000325. The van der Waals surface area contributed by atoms with Gasteiger partial charge in [-0.05, 0) is 224 Å². The van der Waals surface area contributed by atoms with Crippen molar-refractivity contribution < 1.29 is 0 Å². The van der Waals surface area contributed by atoms with Gasteiger partial charge in [0.25, 0.3) is 13.4 Å². The molecule has 4 heterocycles. The zero-order valence-corrected chi connectivity index (χ0v) is 59.0. The van der Waals surface area contributed by atoms with Gasteiger partial charge in [0.05, 0.1) is 0 Å². The molecule has 98 heavy (non-hydrogen) atoms. The molecular formula is C91H89B2N5. The summed E-state index contributed by atoms with van der Waals surface area (Å²) in [7, 11) is 0. The van der Waals surface area contributed by atoms with Gasteiger partial charge in [0.1, 0.15) is 0 Å². The Balaban J connectivity index is 0.000000180. The first-order valence-electron chi connectivity index (χ1n) is 35.6. The standard InChI is InChI=1S/C57H60BN3.C34H29BN2/c1-9-10-11-14-19-41-24-29-46(30-25-41)61-52-39-48(59(44-20-15-12-16-21-44)45-22-17-13-18-23-45)33-34-49(52)58-50-38-43(57(6,7)8)28-35-51(50)60(53-36-40(2)37-54(61)55(53)58)47-31-26-42(27-32-47)56(3,4)5;1-34(2,3)24-22-31-33-32(23-24)37(26-16-8-5-9-17-26)30-21-13-11-19-28(30)35(33)27-18-10-12-20-29(27)36(31)25-14-6-4-7-15-25/h12-13,15-18,20-39H,9-11,14,19H2,1-8H3;4-23H,1-3H3. The van der Waals surface area contributed by atoms with Gasteiger partial charge in [-0.25, -0.2) is 0 Å². The SMILES string of the molecule is CC(C)(C)c1cc2c3c(c1)N(c1ccccc1)c1ccccc1B3c1ccccc1N2c1ccccc1.CCCCCCc1ccc(N2c3cc(N(c4ccccc4)c4ccccc4)ccc3B3c4cc(C(C)(C)C)ccc4N(c4ccc(C(C)(C)C)cc4)c4cc(C)cc2c43)cc1. The third kappa shape index (κ3) is 11.7. The van der Waals surface area contributed by atoms with Crippen molar-refractivity contribution in [2.75, 3.05) is 24.5 Å². The van der Waals surface area contributed by atoms with E-state index in [1.54, 1.807) is 0 Å². The summed E-state index contributed by atoms with van der Waals surface area (Å²) in [5.41, 5.74) is 33.0. The van der Waals surface area contributed by atoms with Gasteiger partial charge in [-0.3, -0.25) is 0 Å². The molecule has 0 saturated heterocycles. The molecule has 0 N–H and O–H groups in total. The van der Waals surface area contributed by atoms with Crippen molar-refractivity contribution in [3.05, 3.63) is 307 Å². The number of fused-ring (bicyclic) bond motifs is 8. The van der Waals surface area contributed by atoms with E-state index in [9.17, 15) is 0 Å². The first-order valence-corrected chi connectivity index (χ1v) is 35.6. The highest BCUT2D eigenvalue weighted by molar-refractivity contribution is 7.01. The largest absolute Gasteiger partial charge is 0.311 e. The Hall–Kier alpha value is -10.2. The van der Waals surface area contributed by atoms with Crippen LogP contribution < -0.4 is 57.3 Å². The molecule has 16 rings (SSSR count). The van der Waals surface area contributed by atoms with Crippen molar-refractivity contribution >= 4 is 132 Å². The first-order chi connectivity index (χ1) is 47.4. The Morgan fingerprint density at radius 1 is 0.296 bits per heavy atom. The monoisotopic (exact) mass is 1270 g/mol. The van der Waals surface area contributed by atoms with E-state index in [-0.39, 0.29) is 29.7 Å². The zero-order chi connectivity index (χ0) is 67.6. The van der Waals surface area contributed by atoms with E-state index in [0.717, 1.165) is 23.5 Å². The molecule has 0 spiro atoms. The lowest BCUT2D eigenvalue weighted by Gasteiger charge is -2.45. The molecule has 0 saturated carbocycles. The van der Waals surface area contributed by atoms with Crippen molar-refractivity contribution in [3.63, 3.8) is 0 Å². The summed E-state index contributed by atoms with van der Waals surface area (Å²) in [5, 5.41) is 0. The summed E-state index contributed by atoms with van der Waals surface area (Å²) in [6.45, 7) is 25.6. The predicted molar refractivity (Wildman–Crippen MR) is 424 cm³/mol. The zero-order valence-electron chi connectivity index (χ0n) is 59.0. The van der Waals surface area contributed by atoms with Crippen LogP contribution in [0.3, 0.4) is 0 Å². The highest BCUT2D eigenvalue weighted by Crippen LogP contribution is 2.49. The Morgan fingerprint density at radius 3 is 1.18 bits per heavy atom. The molecule has 7 heteroatoms. The summed E-state index contributed by atoms with van der Waals surface area (Å²) in [6, 6.07) is 104. The number of benzene rings is 12. The lowest BCUT2D eigenvalue weighted by atomic mass is 9.33. The quantitative estimate of drug-likeness (QED) is 0.0892.